The Labute approximate surface area is 216 Å². The van der Waals surface area contributed by atoms with Gasteiger partial charge in [-0.15, -0.1) is 0 Å². The molecule has 0 spiro atoms. The van der Waals surface area contributed by atoms with Gasteiger partial charge in [-0.3, -0.25) is 9.59 Å². The molecule has 0 aliphatic carbocycles. The summed E-state index contributed by atoms with van der Waals surface area (Å²) in [5.41, 5.74) is 3.61. The number of benzene rings is 3. The van der Waals surface area contributed by atoms with Crippen LogP contribution in [0.4, 0.5) is 0 Å². The van der Waals surface area contributed by atoms with E-state index in [4.69, 9.17) is 23.7 Å². The van der Waals surface area contributed by atoms with Crippen LogP contribution in [0.5, 0.6) is 17.2 Å². The van der Waals surface area contributed by atoms with Crippen LogP contribution in [0.25, 0.3) is 0 Å². The van der Waals surface area contributed by atoms with E-state index in [0.717, 1.165) is 22.3 Å². The summed E-state index contributed by atoms with van der Waals surface area (Å²) in [6.07, 6.45) is 0.347. The van der Waals surface area contributed by atoms with Gasteiger partial charge in [0.05, 0.1) is 12.6 Å². The zero-order valence-electron chi connectivity index (χ0n) is 21.0. The monoisotopic (exact) mass is 505 g/mol. The van der Waals surface area contributed by atoms with E-state index in [1.807, 2.05) is 73.7 Å². The minimum absolute atomic E-state index is 0.00533. The summed E-state index contributed by atoms with van der Waals surface area (Å²) in [5, 5.41) is 2.93. The Morgan fingerprint density at radius 3 is 2.32 bits per heavy atom. The maximum absolute atomic E-state index is 12.7. The van der Waals surface area contributed by atoms with Crippen LogP contribution in [-0.4, -0.2) is 37.9 Å². The van der Waals surface area contributed by atoms with Crippen molar-refractivity contribution in [3.05, 3.63) is 89.0 Å². The Hall–Kier alpha value is -4.04. The molecular weight excluding hydrogens is 474 g/mol. The fraction of sp³-hybridized carbons (Fsp3) is 0.310. The van der Waals surface area contributed by atoms with Crippen molar-refractivity contribution in [1.29, 1.82) is 0 Å². The minimum atomic E-state index is -0.504. The summed E-state index contributed by atoms with van der Waals surface area (Å²) >= 11 is 0. The third kappa shape index (κ3) is 7.47. The third-order valence-corrected chi connectivity index (χ3v) is 5.81. The standard InChI is InChI=1S/C29H31NO7/c1-20-28(35-16-23-11-7-4-8-12-23)24(14-26-29(20)37-19-36-26)13-25(17-34-21(2)31)30-27(32)18-33-15-22-9-5-3-6-10-22/h3-12,14,25H,13,15-19H2,1-2H3,(H,30,32)/t25-/m0/s1. The van der Waals surface area contributed by atoms with Gasteiger partial charge in [0.25, 0.3) is 0 Å². The molecular formula is C29H31NO7. The van der Waals surface area contributed by atoms with E-state index in [9.17, 15) is 9.59 Å². The van der Waals surface area contributed by atoms with E-state index < -0.39 is 12.0 Å². The smallest absolute Gasteiger partial charge is 0.302 e. The van der Waals surface area contributed by atoms with Crippen molar-refractivity contribution in [2.75, 3.05) is 20.0 Å². The molecule has 0 aromatic heterocycles. The van der Waals surface area contributed by atoms with Gasteiger partial charge < -0.3 is 29.0 Å². The van der Waals surface area contributed by atoms with E-state index in [0.29, 0.717) is 36.9 Å². The van der Waals surface area contributed by atoms with Gasteiger partial charge in [0, 0.05) is 18.1 Å². The van der Waals surface area contributed by atoms with E-state index >= 15 is 0 Å². The Kier molecular flexibility index (Phi) is 8.99. The van der Waals surface area contributed by atoms with Crippen LogP contribution in [-0.2, 0) is 38.7 Å². The van der Waals surface area contributed by atoms with Gasteiger partial charge in [0.15, 0.2) is 11.5 Å². The van der Waals surface area contributed by atoms with Crippen LogP contribution in [0.15, 0.2) is 66.7 Å². The highest BCUT2D eigenvalue weighted by atomic mass is 16.7. The van der Waals surface area contributed by atoms with Gasteiger partial charge >= 0.3 is 5.97 Å². The number of ether oxygens (including phenoxy) is 5. The fourth-order valence-corrected chi connectivity index (χ4v) is 4.08. The Bertz CT molecular complexity index is 1200. The predicted molar refractivity (Wildman–Crippen MR) is 136 cm³/mol. The second kappa shape index (κ2) is 12.8. The Morgan fingerprint density at radius 1 is 0.973 bits per heavy atom. The summed E-state index contributed by atoms with van der Waals surface area (Å²) in [4.78, 5) is 24.2. The van der Waals surface area contributed by atoms with Crippen LogP contribution in [0, 0.1) is 6.92 Å². The molecule has 0 unspecified atom stereocenters. The first-order valence-corrected chi connectivity index (χ1v) is 12.1. The topological polar surface area (TPSA) is 92.3 Å². The number of hydrogen-bond acceptors (Lipinski definition) is 7. The lowest BCUT2D eigenvalue weighted by molar-refractivity contribution is -0.142. The second-order valence-corrected chi connectivity index (χ2v) is 8.75. The molecule has 3 aromatic carbocycles. The van der Waals surface area contributed by atoms with Crippen molar-refractivity contribution in [3.8, 4) is 17.2 Å². The van der Waals surface area contributed by atoms with Gasteiger partial charge in [0.2, 0.25) is 12.7 Å². The van der Waals surface area contributed by atoms with Crippen LogP contribution in [0.3, 0.4) is 0 Å². The van der Waals surface area contributed by atoms with Crippen molar-refractivity contribution in [3.63, 3.8) is 0 Å². The molecule has 3 aromatic rings. The highest BCUT2D eigenvalue weighted by Gasteiger charge is 2.25. The molecule has 8 heteroatoms. The summed E-state index contributed by atoms with van der Waals surface area (Å²) in [6, 6.07) is 20.8. The highest BCUT2D eigenvalue weighted by molar-refractivity contribution is 5.77. The first kappa shape index (κ1) is 26.0. The summed E-state index contributed by atoms with van der Waals surface area (Å²) in [7, 11) is 0. The molecule has 0 saturated heterocycles. The SMILES string of the molecule is CC(=O)OC[C@H](Cc1cc2c(c(C)c1OCc1ccccc1)OCO2)NC(=O)COCc1ccccc1. The molecule has 1 atom stereocenters. The molecule has 1 N–H and O–H groups in total. The summed E-state index contributed by atoms with van der Waals surface area (Å²) in [5.74, 6) is 1.17. The first-order chi connectivity index (χ1) is 18.0. The largest absolute Gasteiger partial charge is 0.488 e. The number of esters is 1. The zero-order chi connectivity index (χ0) is 26.0. The number of carbonyl (C=O) groups is 2. The Morgan fingerprint density at radius 2 is 1.65 bits per heavy atom. The number of carbonyl (C=O) groups excluding carboxylic acids is 2. The molecule has 1 aliphatic rings. The molecule has 8 nitrogen and oxygen atoms in total. The molecule has 4 rings (SSSR count). The highest BCUT2D eigenvalue weighted by Crippen LogP contribution is 2.43. The minimum Gasteiger partial charge on any atom is -0.488 e. The van der Waals surface area contributed by atoms with Gasteiger partial charge in [-0.1, -0.05) is 60.7 Å². The molecule has 0 fully saturated rings. The molecule has 1 aliphatic heterocycles. The van der Waals surface area contributed by atoms with Crippen molar-refractivity contribution in [2.45, 2.75) is 39.5 Å². The zero-order valence-corrected chi connectivity index (χ0v) is 21.0. The summed E-state index contributed by atoms with van der Waals surface area (Å²) < 4.78 is 28.3. The molecule has 0 bridgehead atoms. The van der Waals surface area contributed by atoms with Crippen molar-refractivity contribution in [1.82, 2.24) is 5.32 Å². The molecule has 37 heavy (non-hydrogen) atoms. The van der Waals surface area contributed by atoms with Crippen LogP contribution in [0.1, 0.15) is 29.2 Å². The predicted octanol–water partition coefficient (Wildman–Crippen LogP) is 4.11. The lowest BCUT2D eigenvalue weighted by atomic mass is 10.0. The van der Waals surface area contributed by atoms with E-state index in [1.54, 1.807) is 0 Å². The second-order valence-electron chi connectivity index (χ2n) is 8.75. The third-order valence-electron chi connectivity index (χ3n) is 5.81. The number of fused-ring (bicyclic) bond motifs is 1. The number of rotatable bonds is 12. The Balaban J connectivity index is 1.47. The van der Waals surface area contributed by atoms with Crippen LogP contribution < -0.4 is 19.5 Å². The van der Waals surface area contributed by atoms with Crippen LogP contribution in [0.2, 0.25) is 0 Å². The quantitative estimate of drug-likeness (QED) is 0.371. The normalized spacial score (nSPS) is 12.6. The fourth-order valence-electron chi connectivity index (χ4n) is 4.08. The molecule has 1 heterocycles. The van der Waals surface area contributed by atoms with Crippen molar-refractivity contribution in [2.24, 2.45) is 0 Å². The average Bonchev–Trinajstić information content (AvgIpc) is 3.37. The van der Waals surface area contributed by atoms with Gasteiger partial charge in [0.1, 0.15) is 25.6 Å². The number of amides is 1. The first-order valence-electron chi connectivity index (χ1n) is 12.1. The molecule has 0 saturated carbocycles. The van der Waals surface area contributed by atoms with E-state index in [1.165, 1.54) is 6.92 Å². The lowest BCUT2D eigenvalue weighted by Crippen LogP contribution is -2.42. The number of nitrogens with one attached hydrogen (secondary N) is 1. The van der Waals surface area contributed by atoms with Crippen LogP contribution >= 0.6 is 0 Å². The van der Waals surface area contributed by atoms with Crippen molar-refractivity contribution < 1.29 is 33.3 Å². The summed E-state index contributed by atoms with van der Waals surface area (Å²) in [6.45, 7) is 3.94. The van der Waals surface area contributed by atoms with Gasteiger partial charge in [-0.25, -0.2) is 0 Å². The van der Waals surface area contributed by atoms with Crippen molar-refractivity contribution >= 4 is 11.9 Å². The maximum Gasteiger partial charge on any atom is 0.302 e. The van der Waals surface area contributed by atoms with Gasteiger partial charge in [-0.2, -0.15) is 0 Å². The lowest BCUT2D eigenvalue weighted by Gasteiger charge is -2.22. The molecule has 0 radical (unpaired) electrons. The average molecular weight is 506 g/mol. The van der Waals surface area contributed by atoms with E-state index in [2.05, 4.69) is 5.32 Å². The van der Waals surface area contributed by atoms with Gasteiger partial charge in [-0.05, 0) is 30.5 Å². The van der Waals surface area contributed by atoms with E-state index in [-0.39, 0.29) is 25.9 Å². The molecule has 1 amide bonds. The molecule has 194 valence electrons. The maximum atomic E-state index is 12.7. The number of hydrogen-bond donors (Lipinski definition) is 1.